The summed E-state index contributed by atoms with van der Waals surface area (Å²) in [5.74, 6) is 0.0978. The van der Waals surface area contributed by atoms with Gasteiger partial charge in [0.05, 0.1) is 5.56 Å². The molecular formula is C14H21N3O. The van der Waals surface area contributed by atoms with Gasteiger partial charge in [-0.1, -0.05) is 0 Å². The predicted octanol–water partition coefficient (Wildman–Crippen LogP) is 1.60. The molecule has 1 aliphatic rings. The van der Waals surface area contributed by atoms with E-state index < -0.39 is 0 Å². The highest BCUT2D eigenvalue weighted by molar-refractivity contribution is 5.94. The van der Waals surface area contributed by atoms with Crippen molar-refractivity contribution in [3.8, 4) is 0 Å². The van der Waals surface area contributed by atoms with Gasteiger partial charge < -0.3 is 10.2 Å². The molecule has 1 fully saturated rings. The Morgan fingerprint density at radius 2 is 2.06 bits per heavy atom. The van der Waals surface area contributed by atoms with Crippen LogP contribution in [0.1, 0.15) is 35.8 Å². The third-order valence-corrected chi connectivity index (χ3v) is 3.92. The number of carbonyl (C=O) groups excluding carboxylic acids is 1. The first-order valence-electron chi connectivity index (χ1n) is 6.45. The highest BCUT2D eigenvalue weighted by Crippen LogP contribution is 2.22. The third kappa shape index (κ3) is 2.70. The van der Waals surface area contributed by atoms with Gasteiger partial charge in [-0.25, -0.2) is 0 Å². The van der Waals surface area contributed by atoms with Crippen LogP contribution in [0.25, 0.3) is 0 Å². The molecule has 98 valence electrons. The summed E-state index contributed by atoms with van der Waals surface area (Å²) in [6, 6.07) is 3.74. The van der Waals surface area contributed by atoms with Crippen molar-refractivity contribution in [3.05, 3.63) is 29.6 Å². The lowest BCUT2D eigenvalue weighted by Crippen LogP contribution is -2.51. The molecule has 0 atom stereocenters. The first-order valence-corrected chi connectivity index (χ1v) is 6.45. The van der Waals surface area contributed by atoms with Crippen LogP contribution in [0.15, 0.2) is 18.3 Å². The average molecular weight is 247 g/mol. The average Bonchev–Trinajstić information content (AvgIpc) is 2.40. The molecular weight excluding hydrogens is 226 g/mol. The van der Waals surface area contributed by atoms with Gasteiger partial charge in [-0.2, -0.15) is 0 Å². The van der Waals surface area contributed by atoms with E-state index in [1.54, 1.807) is 6.20 Å². The van der Waals surface area contributed by atoms with Crippen molar-refractivity contribution in [2.45, 2.75) is 32.2 Å². The molecule has 1 amide bonds. The van der Waals surface area contributed by atoms with Crippen molar-refractivity contribution >= 4 is 5.91 Å². The fourth-order valence-electron chi connectivity index (χ4n) is 2.23. The molecule has 1 aliphatic heterocycles. The second-order valence-electron chi connectivity index (χ2n) is 5.29. The van der Waals surface area contributed by atoms with Gasteiger partial charge in [-0.05, 0) is 45.9 Å². The number of carbonyl (C=O) groups is 1. The lowest BCUT2D eigenvalue weighted by molar-refractivity contribution is 0.0661. The smallest absolute Gasteiger partial charge is 0.255 e. The van der Waals surface area contributed by atoms with E-state index in [-0.39, 0.29) is 11.4 Å². The number of likely N-dealkylation sites (tertiary alicyclic amines) is 1. The van der Waals surface area contributed by atoms with Crippen LogP contribution in [0, 0.1) is 6.92 Å². The van der Waals surface area contributed by atoms with Gasteiger partial charge in [-0.15, -0.1) is 0 Å². The van der Waals surface area contributed by atoms with Crippen LogP contribution in [0.5, 0.6) is 0 Å². The Balaban J connectivity index is 2.01. The Kier molecular flexibility index (Phi) is 3.66. The van der Waals surface area contributed by atoms with Crippen molar-refractivity contribution in [1.29, 1.82) is 0 Å². The summed E-state index contributed by atoms with van der Waals surface area (Å²) in [4.78, 5) is 18.4. The number of hydrogen-bond acceptors (Lipinski definition) is 3. The number of aryl methyl sites for hydroxylation is 1. The number of aromatic nitrogens is 1. The molecule has 0 aliphatic carbocycles. The Morgan fingerprint density at radius 1 is 1.39 bits per heavy atom. The van der Waals surface area contributed by atoms with Crippen LogP contribution in [-0.4, -0.2) is 41.5 Å². The number of piperidine rings is 1. The van der Waals surface area contributed by atoms with Gasteiger partial charge in [0, 0.05) is 30.5 Å². The second-order valence-corrected chi connectivity index (χ2v) is 5.29. The molecule has 0 bridgehead atoms. The Hall–Kier alpha value is -1.42. The topological polar surface area (TPSA) is 45.2 Å². The van der Waals surface area contributed by atoms with Gasteiger partial charge in [0.15, 0.2) is 0 Å². The molecule has 1 aromatic heterocycles. The largest absolute Gasteiger partial charge is 0.338 e. The fraction of sp³-hybridized carbons (Fsp3) is 0.571. The minimum absolute atomic E-state index is 0.0978. The molecule has 1 saturated heterocycles. The van der Waals surface area contributed by atoms with E-state index in [0.717, 1.165) is 31.6 Å². The minimum Gasteiger partial charge on any atom is -0.338 e. The normalized spacial score (nSPS) is 18.7. The molecule has 0 unspecified atom stereocenters. The van der Waals surface area contributed by atoms with Crippen LogP contribution in [-0.2, 0) is 0 Å². The molecule has 18 heavy (non-hydrogen) atoms. The maximum Gasteiger partial charge on any atom is 0.255 e. The molecule has 0 saturated carbocycles. The number of rotatable bonds is 2. The lowest BCUT2D eigenvalue weighted by atomic mass is 9.89. The van der Waals surface area contributed by atoms with Crippen LogP contribution in [0.4, 0.5) is 0 Å². The fourth-order valence-corrected chi connectivity index (χ4v) is 2.23. The zero-order chi connectivity index (χ0) is 13.2. The van der Waals surface area contributed by atoms with E-state index in [4.69, 9.17) is 0 Å². The van der Waals surface area contributed by atoms with E-state index in [2.05, 4.69) is 17.2 Å². The van der Waals surface area contributed by atoms with Gasteiger partial charge in [-0.3, -0.25) is 9.78 Å². The Bertz CT molecular complexity index is 419. The monoisotopic (exact) mass is 247 g/mol. The Morgan fingerprint density at radius 3 is 2.56 bits per heavy atom. The molecule has 4 nitrogen and oxygen atoms in total. The van der Waals surface area contributed by atoms with E-state index >= 15 is 0 Å². The summed E-state index contributed by atoms with van der Waals surface area (Å²) in [6.07, 6.45) is 3.66. The summed E-state index contributed by atoms with van der Waals surface area (Å²) in [5, 5.41) is 3.34. The predicted molar refractivity (Wildman–Crippen MR) is 71.6 cm³/mol. The standard InChI is InChI=1S/C14H21N3O/c1-11-4-5-12(10-16-11)13(18)17-8-6-14(2,15-3)7-9-17/h4-5,10,15H,6-9H2,1-3H3. The number of nitrogens with zero attached hydrogens (tertiary/aromatic N) is 2. The first kappa shape index (κ1) is 13.0. The van der Waals surface area contributed by atoms with Crippen molar-refractivity contribution in [3.63, 3.8) is 0 Å². The van der Waals surface area contributed by atoms with Crippen molar-refractivity contribution in [1.82, 2.24) is 15.2 Å². The molecule has 0 aromatic carbocycles. The highest BCUT2D eigenvalue weighted by Gasteiger charge is 2.30. The molecule has 0 spiro atoms. The summed E-state index contributed by atoms with van der Waals surface area (Å²) in [7, 11) is 1.99. The number of amides is 1. The molecule has 0 radical (unpaired) electrons. The van der Waals surface area contributed by atoms with E-state index in [9.17, 15) is 4.79 Å². The van der Waals surface area contributed by atoms with Crippen LogP contribution in [0.3, 0.4) is 0 Å². The number of nitrogens with one attached hydrogen (secondary N) is 1. The molecule has 1 aromatic rings. The highest BCUT2D eigenvalue weighted by atomic mass is 16.2. The van der Waals surface area contributed by atoms with Crippen molar-refractivity contribution in [2.24, 2.45) is 0 Å². The maximum atomic E-state index is 12.3. The molecule has 2 heterocycles. The summed E-state index contributed by atoms with van der Waals surface area (Å²) >= 11 is 0. The second kappa shape index (κ2) is 5.06. The quantitative estimate of drug-likeness (QED) is 0.863. The number of hydrogen-bond donors (Lipinski definition) is 1. The SMILES string of the molecule is CNC1(C)CCN(C(=O)c2ccc(C)nc2)CC1. The van der Waals surface area contributed by atoms with Gasteiger partial charge in [0.1, 0.15) is 0 Å². The maximum absolute atomic E-state index is 12.3. The number of pyridine rings is 1. The third-order valence-electron chi connectivity index (χ3n) is 3.92. The summed E-state index contributed by atoms with van der Waals surface area (Å²) in [5.41, 5.74) is 1.80. The molecule has 1 N–H and O–H groups in total. The van der Waals surface area contributed by atoms with Gasteiger partial charge in [0.2, 0.25) is 0 Å². The minimum atomic E-state index is 0.0978. The lowest BCUT2D eigenvalue weighted by Gasteiger charge is -2.39. The van der Waals surface area contributed by atoms with Crippen LogP contribution in [0.2, 0.25) is 0 Å². The summed E-state index contributed by atoms with van der Waals surface area (Å²) < 4.78 is 0. The first-order chi connectivity index (χ1) is 8.54. The van der Waals surface area contributed by atoms with Crippen molar-refractivity contribution in [2.75, 3.05) is 20.1 Å². The van der Waals surface area contributed by atoms with E-state index in [1.807, 2.05) is 31.0 Å². The van der Waals surface area contributed by atoms with Gasteiger partial charge >= 0.3 is 0 Å². The van der Waals surface area contributed by atoms with Crippen LogP contribution >= 0.6 is 0 Å². The zero-order valence-electron chi connectivity index (χ0n) is 11.4. The van der Waals surface area contributed by atoms with E-state index in [0.29, 0.717) is 5.56 Å². The molecule has 2 rings (SSSR count). The Labute approximate surface area is 108 Å². The van der Waals surface area contributed by atoms with Gasteiger partial charge in [0.25, 0.3) is 5.91 Å². The zero-order valence-corrected chi connectivity index (χ0v) is 11.4. The van der Waals surface area contributed by atoms with Crippen molar-refractivity contribution < 1.29 is 4.79 Å². The van der Waals surface area contributed by atoms with E-state index in [1.165, 1.54) is 0 Å². The summed E-state index contributed by atoms with van der Waals surface area (Å²) in [6.45, 7) is 5.75. The van der Waals surface area contributed by atoms with Crippen LogP contribution < -0.4 is 5.32 Å². The molecule has 4 heteroatoms.